The van der Waals surface area contributed by atoms with Crippen LogP contribution in [0.3, 0.4) is 0 Å². The summed E-state index contributed by atoms with van der Waals surface area (Å²) in [4.78, 5) is 11.2. The molecule has 2 atom stereocenters. The minimum Gasteiger partial charge on any atom is -0.372 e. The molecule has 144 valence electrons. The maximum atomic E-state index is 11.2. The fourth-order valence-corrected chi connectivity index (χ4v) is 3.94. The van der Waals surface area contributed by atoms with E-state index in [4.69, 9.17) is 4.74 Å². The largest absolute Gasteiger partial charge is 0.372 e. The Morgan fingerprint density at radius 3 is 2.64 bits per heavy atom. The van der Waals surface area contributed by atoms with Crippen LogP contribution in [0.2, 0.25) is 0 Å². The second-order valence-corrected chi connectivity index (χ2v) is 7.43. The van der Waals surface area contributed by atoms with E-state index in [1.54, 1.807) is 0 Å². The lowest BCUT2D eigenvalue weighted by Gasteiger charge is -2.32. The van der Waals surface area contributed by atoms with E-state index < -0.39 is 0 Å². The van der Waals surface area contributed by atoms with Gasteiger partial charge in [0.05, 0.1) is 12.7 Å². The van der Waals surface area contributed by atoms with Crippen LogP contribution in [0, 0.1) is 0 Å². The van der Waals surface area contributed by atoms with Gasteiger partial charge in [-0.1, -0.05) is 48.5 Å². The molecule has 4 rings (SSSR count). The number of hydrogen-bond donors (Lipinski definition) is 2. The first-order chi connectivity index (χ1) is 13.7. The minimum atomic E-state index is -0.0498. The molecule has 0 spiro atoms. The fourth-order valence-electron chi connectivity index (χ4n) is 3.94. The van der Waals surface area contributed by atoms with Gasteiger partial charge in [-0.15, -0.1) is 0 Å². The quantitative estimate of drug-likeness (QED) is 0.693. The summed E-state index contributed by atoms with van der Waals surface area (Å²) in [6, 6.07) is 23.1. The van der Waals surface area contributed by atoms with Gasteiger partial charge in [-0.25, -0.2) is 0 Å². The zero-order valence-corrected chi connectivity index (χ0v) is 16.2. The number of ether oxygens (including phenoxy) is 1. The Hall–Kier alpha value is -2.69. The molecule has 3 aromatic rings. The normalized spacial score (nSPS) is 19.5. The molecule has 0 aliphatic carbocycles. The Balaban J connectivity index is 1.45. The van der Waals surface area contributed by atoms with Crippen molar-refractivity contribution in [1.29, 1.82) is 0 Å². The van der Waals surface area contributed by atoms with Crippen molar-refractivity contribution in [2.24, 2.45) is 0 Å². The van der Waals surface area contributed by atoms with Crippen molar-refractivity contribution in [2.45, 2.75) is 32.0 Å². The molecule has 0 bridgehead atoms. The van der Waals surface area contributed by atoms with Gasteiger partial charge in [-0.3, -0.25) is 4.79 Å². The molecule has 28 heavy (non-hydrogen) atoms. The predicted octanol–water partition coefficient (Wildman–Crippen LogP) is 4.46. The summed E-state index contributed by atoms with van der Waals surface area (Å²) in [5.41, 5.74) is 3.29. The molecule has 1 aliphatic heterocycles. The van der Waals surface area contributed by atoms with Crippen molar-refractivity contribution in [3.8, 4) is 0 Å². The lowest BCUT2D eigenvalue weighted by atomic mass is 9.87. The van der Waals surface area contributed by atoms with Gasteiger partial charge in [-0.05, 0) is 53.1 Å². The first kappa shape index (κ1) is 18.7. The minimum absolute atomic E-state index is 0.0498. The van der Waals surface area contributed by atoms with E-state index in [-0.39, 0.29) is 12.0 Å². The number of carbonyl (C=O) groups is 1. The average molecular weight is 374 g/mol. The second kappa shape index (κ2) is 8.55. The van der Waals surface area contributed by atoms with Crippen molar-refractivity contribution in [3.63, 3.8) is 0 Å². The lowest BCUT2D eigenvalue weighted by molar-refractivity contribution is -0.114. The second-order valence-electron chi connectivity index (χ2n) is 7.43. The van der Waals surface area contributed by atoms with Crippen molar-refractivity contribution in [2.75, 3.05) is 18.4 Å². The van der Waals surface area contributed by atoms with Crippen molar-refractivity contribution >= 4 is 22.4 Å². The molecule has 4 nitrogen and oxygen atoms in total. The summed E-state index contributed by atoms with van der Waals surface area (Å²) in [6.45, 7) is 3.98. The van der Waals surface area contributed by atoms with E-state index in [1.165, 1.54) is 28.8 Å². The molecule has 1 fully saturated rings. The third-order valence-electron chi connectivity index (χ3n) is 5.36. The molecule has 0 saturated carbocycles. The zero-order chi connectivity index (χ0) is 19.3. The molecule has 2 unspecified atom stereocenters. The number of benzene rings is 3. The SMILES string of the molecule is CC(=O)Nc1ccc(C2CCNCC2OCc2ccc3ccccc3c2)cc1. The number of fused-ring (bicyclic) bond motifs is 1. The van der Waals surface area contributed by atoms with Crippen molar-refractivity contribution in [3.05, 3.63) is 77.9 Å². The molecule has 1 aliphatic rings. The number of nitrogens with one attached hydrogen (secondary N) is 2. The molecule has 0 radical (unpaired) electrons. The number of hydrogen-bond acceptors (Lipinski definition) is 3. The first-order valence-corrected chi connectivity index (χ1v) is 9.86. The van der Waals surface area contributed by atoms with E-state index in [2.05, 4.69) is 65.2 Å². The van der Waals surface area contributed by atoms with Gasteiger partial charge in [-0.2, -0.15) is 0 Å². The number of carbonyl (C=O) groups excluding carboxylic acids is 1. The topological polar surface area (TPSA) is 50.4 Å². The molecular formula is C24H26N2O2. The summed E-state index contributed by atoms with van der Waals surface area (Å²) in [6.07, 6.45) is 1.17. The van der Waals surface area contributed by atoms with Gasteiger partial charge < -0.3 is 15.4 Å². The standard InChI is InChI=1S/C24H26N2O2/c1-17(27)26-22-10-8-20(9-11-22)23-12-13-25-15-24(23)28-16-18-6-7-19-4-2-3-5-21(19)14-18/h2-11,14,23-25H,12-13,15-16H2,1H3,(H,26,27). The van der Waals surface area contributed by atoms with E-state index in [1.807, 2.05) is 12.1 Å². The third-order valence-corrected chi connectivity index (χ3v) is 5.36. The highest BCUT2D eigenvalue weighted by Gasteiger charge is 2.27. The Morgan fingerprint density at radius 1 is 1.07 bits per heavy atom. The highest BCUT2D eigenvalue weighted by Crippen LogP contribution is 2.29. The average Bonchev–Trinajstić information content (AvgIpc) is 2.72. The van der Waals surface area contributed by atoms with Gasteiger partial charge in [0.15, 0.2) is 0 Å². The van der Waals surface area contributed by atoms with Crippen LogP contribution in [-0.2, 0) is 16.1 Å². The van der Waals surface area contributed by atoms with Gasteiger partial charge in [0.25, 0.3) is 0 Å². The molecule has 1 heterocycles. The zero-order valence-electron chi connectivity index (χ0n) is 16.2. The summed E-state index contributed by atoms with van der Waals surface area (Å²) >= 11 is 0. The number of piperidine rings is 1. The van der Waals surface area contributed by atoms with E-state index >= 15 is 0 Å². The van der Waals surface area contributed by atoms with Crippen molar-refractivity contribution in [1.82, 2.24) is 5.32 Å². The Bertz CT molecular complexity index is 952. The number of rotatable bonds is 5. The highest BCUT2D eigenvalue weighted by molar-refractivity contribution is 5.88. The Kier molecular flexibility index (Phi) is 5.70. The molecule has 1 saturated heterocycles. The van der Waals surface area contributed by atoms with Gasteiger partial charge in [0, 0.05) is 25.1 Å². The van der Waals surface area contributed by atoms with Crippen LogP contribution in [0.15, 0.2) is 66.7 Å². The molecule has 4 heteroatoms. The summed E-state index contributed by atoms with van der Waals surface area (Å²) in [5.74, 6) is 0.305. The molecule has 2 N–H and O–H groups in total. The lowest BCUT2D eigenvalue weighted by Crippen LogP contribution is -2.40. The first-order valence-electron chi connectivity index (χ1n) is 9.86. The van der Waals surface area contributed by atoms with E-state index in [0.717, 1.165) is 25.2 Å². The molecular weight excluding hydrogens is 348 g/mol. The van der Waals surface area contributed by atoms with E-state index in [9.17, 15) is 4.79 Å². The van der Waals surface area contributed by atoms with Crippen LogP contribution >= 0.6 is 0 Å². The number of amides is 1. The fraction of sp³-hybridized carbons (Fsp3) is 0.292. The van der Waals surface area contributed by atoms with Gasteiger partial charge in [0.1, 0.15) is 0 Å². The smallest absolute Gasteiger partial charge is 0.221 e. The van der Waals surface area contributed by atoms with Crippen LogP contribution in [0.25, 0.3) is 10.8 Å². The molecule has 1 amide bonds. The van der Waals surface area contributed by atoms with Crippen LogP contribution in [0.4, 0.5) is 5.69 Å². The Labute approximate surface area is 165 Å². The van der Waals surface area contributed by atoms with Crippen LogP contribution in [0.1, 0.15) is 30.4 Å². The highest BCUT2D eigenvalue weighted by atomic mass is 16.5. The third kappa shape index (κ3) is 4.41. The monoisotopic (exact) mass is 374 g/mol. The van der Waals surface area contributed by atoms with E-state index in [0.29, 0.717) is 12.5 Å². The van der Waals surface area contributed by atoms with Crippen LogP contribution in [0.5, 0.6) is 0 Å². The van der Waals surface area contributed by atoms with Gasteiger partial charge >= 0.3 is 0 Å². The molecule has 0 aromatic heterocycles. The number of anilines is 1. The van der Waals surface area contributed by atoms with Crippen LogP contribution in [-0.4, -0.2) is 25.1 Å². The molecule has 3 aromatic carbocycles. The van der Waals surface area contributed by atoms with Crippen molar-refractivity contribution < 1.29 is 9.53 Å². The maximum absolute atomic E-state index is 11.2. The van der Waals surface area contributed by atoms with Gasteiger partial charge in [0.2, 0.25) is 5.91 Å². The predicted molar refractivity (Wildman–Crippen MR) is 113 cm³/mol. The van der Waals surface area contributed by atoms with Crippen LogP contribution < -0.4 is 10.6 Å². The Morgan fingerprint density at radius 2 is 1.86 bits per heavy atom. The summed E-state index contributed by atoms with van der Waals surface area (Å²) in [5, 5.41) is 8.78. The summed E-state index contributed by atoms with van der Waals surface area (Å²) in [7, 11) is 0. The summed E-state index contributed by atoms with van der Waals surface area (Å²) < 4.78 is 6.35. The maximum Gasteiger partial charge on any atom is 0.221 e.